The Morgan fingerprint density at radius 2 is 1.19 bits per heavy atom. The summed E-state index contributed by atoms with van der Waals surface area (Å²) in [6, 6.07) is 0. The van der Waals surface area contributed by atoms with Crippen LogP contribution in [0.15, 0.2) is 12.2 Å². The smallest absolute Gasteiger partial charge is 0.220 e. The third-order valence-electron chi connectivity index (χ3n) is 8.00. The lowest BCUT2D eigenvalue weighted by atomic mass is 10.1. The molecule has 1 amide bonds. The Balaban J connectivity index is 3.72. The number of amides is 1. The number of hydrogen-bond donors (Lipinski definition) is 3. The summed E-state index contributed by atoms with van der Waals surface area (Å²) in [5.74, 6) is 0.115. The molecule has 0 saturated carbocycles. The van der Waals surface area contributed by atoms with Crippen LogP contribution >= 0.6 is 0 Å². The minimum Gasteiger partial charge on any atom is -0.394 e. The highest BCUT2D eigenvalue weighted by atomic mass is 16.5. The fraction of sp³-hybridized carbons (Fsp3) is 0.917. The second-order valence-electron chi connectivity index (χ2n) is 12.3. The number of carbonyl (C=O) groups is 1. The fourth-order valence-corrected chi connectivity index (χ4v) is 5.28. The number of aliphatic hydroxyl groups is 2. The number of carbonyl (C=O) groups excluding carboxylic acids is 1. The Hall–Kier alpha value is -0.950. The van der Waals surface area contributed by atoms with Gasteiger partial charge in [-0.05, 0) is 44.9 Å². The number of unbranched alkanes of at least 4 members (excludes halogenated alkanes) is 18. The van der Waals surface area contributed by atoms with Crippen LogP contribution in [0, 0.1) is 0 Å². The van der Waals surface area contributed by atoms with E-state index in [2.05, 4.69) is 36.2 Å². The van der Waals surface area contributed by atoms with Gasteiger partial charge >= 0.3 is 0 Å². The van der Waals surface area contributed by atoms with Gasteiger partial charge in [-0.2, -0.15) is 0 Å². The van der Waals surface area contributed by atoms with Crippen LogP contribution in [0.5, 0.6) is 0 Å². The maximum Gasteiger partial charge on any atom is 0.220 e. The molecule has 0 spiro atoms. The Bertz CT molecular complexity index is 573. The van der Waals surface area contributed by atoms with Gasteiger partial charge in [-0.1, -0.05) is 122 Å². The number of aliphatic hydroxyl groups excluding tert-OH is 2. The molecule has 0 aliphatic carbocycles. The Kier molecular flexibility index (Phi) is 33.8. The molecule has 0 bridgehead atoms. The predicted octanol–water partition coefficient (Wildman–Crippen LogP) is 8.34. The summed E-state index contributed by atoms with van der Waals surface area (Å²) in [6.45, 7) is 8.26. The van der Waals surface area contributed by atoms with E-state index in [0.717, 1.165) is 38.8 Å². The molecule has 0 fully saturated rings. The molecule has 0 heterocycles. The van der Waals surface area contributed by atoms with Gasteiger partial charge in [0.2, 0.25) is 5.91 Å². The van der Waals surface area contributed by atoms with E-state index in [0.29, 0.717) is 32.7 Å². The van der Waals surface area contributed by atoms with Crippen LogP contribution in [-0.2, 0) is 9.53 Å². The summed E-state index contributed by atoms with van der Waals surface area (Å²) in [5.41, 5.74) is 0. The third-order valence-corrected chi connectivity index (χ3v) is 8.00. The van der Waals surface area contributed by atoms with Crippen LogP contribution in [0.25, 0.3) is 0 Å². The first-order valence-electron chi connectivity index (χ1n) is 18.1. The van der Waals surface area contributed by atoms with Crippen molar-refractivity contribution in [1.29, 1.82) is 0 Å². The van der Waals surface area contributed by atoms with E-state index in [9.17, 15) is 15.0 Å². The zero-order chi connectivity index (χ0) is 30.8. The van der Waals surface area contributed by atoms with Gasteiger partial charge in [0.15, 0.2) is 0 Å². The third kappa shape index (κ3) is 32.0. The topological polar surface area (TPSA) is 82.0 Å². The van der Waals surface area contributed by atoms with Gasteiger partial charge in [-0.25, -0.2) is 0 Å². The quantitative estimate of drug-likeness (QED) is 0.0514. The number of ether oxygens (including phenoxy) is 1. The van der Waals surface area contributed by atoms with Crippen LogP contribution in [0.2, 0.25) is 0 Å². The average molecular weight is 597 g/mol. The van der Waals surface area contributed by atoms with Gasteiger partial charge in [-0.15, -0.1) is 0 Å². The molecule has 250 valence electrons. The molecule has 6 heteroatoms. The normalized spacial score (nSPS) is 12.5. The average Bonchev–Trinajstić information content (AvgIpc) is 2.99. The Labute approximate surface area is 261 Å². The van der Waals surface area contributed by atoms with E-state index in [1.165, 1.54) is 116 Å². The van der Waals surface area contributed by atoms with E-state index in [-0.39, 0.29) is 12.5 Å². The molecule has 1 atom stereocenters. The Morgan fingerprint density at radius 1 is 0.690 bits per heavy atom. The van der Waals surface area contributed by atoms with Crippen LogP contribution < -0.4 is 5.32 Å². The molecule has 0 aliphatic rings. The van der Waals surface area contributed by atoms with Crippen molar-refractivity contribution in [3.8, 4) is 0 Å². The van der Waals surface area contributed by atoms with Gasteiger partial charge in [0.25, 0.3) is 0 Å². The number of allylic oxidation sites excluding steroid dienone is 2. The lowest BCUT2D eigenvalue weighted by molar-refractivity contribution is -0.121. The molecular weight excluding hydrogens is 524 g/mol. The molecular formula is C36H72N2O4. The van der Waals surface area contributed by atoms with Gasteiger partial charge in [0.1, 0.15) is 0 Å². The van der Waals surface area contributed by atoms with Crippen molar-refractivity contribution in [2.45, 2.75) is 168 Å². The number of nitrogens with one attached hydrogen (secondary N) is 1. The number of hydrogen-bond acceptors (Lipinski definition) is 5. The lowest BCUT2D eigenvalue weighted by Gasteiger charge is -2.24. The second-order valence-corrected chi connectivity index (χ2v) is 12.3. The molecule has 0 aromatic rings. The molecule has 0 aliphatic heterocycles. The highest BCUT2D eigenvalue weighted by molar-refractivity contribution is 5.75. The van der Waals surface area contributed by atoms with Crippen molar-refractivity contribution in [2.24, 2.45) is 0 Å². The first-order valence-corrected chi connectivity index (χ1v) is 18.1. The SMILES string of the molecule is CCCCCCCC/C=C\CCCCCCCC(=O)NCCN(CCCOCCCCCCCCCC)CC(O)CO. The second kappa shape index (κ2) is 34.5. The molecule has 42 heavy (non-hydrogen) atoms. The summed E-state index contributed by atoms with van der Waals surface area (Å²) in [5, 5.41) is 22.2. The zero-order valence-corrected chi connectivity index (χ0v) is 28.1. The first kappa shape index (κ1) is 41.0. The van der Waals surface area contributed by atoms with Crippen molar-refractivity contribution in [3.05, 3.63) is 12.2 Å². The summed E-state index contributed by atoms with van der Waals surface area (Å²) >= 11 is 0. The van der Waals surface area contributed by atoms with Crippen LogP contribution in [0.3, 0.4) is 0 Å². The summed E-state index contributed by atoms with van der Waals surface area (Å²) < 4.78 is 5.81. The zero-order valence-electron chi connectivity index (χ0n) is 28.1. The molecule has 3 N–H and O–H groups in total. The molecule has 0 saturated heterocycles. The van der Waals surface area contributed by atoms with E-state index < -0.39 is 6.10 Å². The monoisotopic (exact) mass is 597 g/mol. The van der Waals surface area contributed by atoms with Crippen LogP contribution in [-0.4, -0.2) is 73.1 Å². The van der Waals surface area contributed by atoms with Crippen LogP contribution in [0.1, 0.15) is 162 Å². The number of rotatable bonds is 34. The molecule has 6 nitrogen and oxygen atoms in total. The van der Waals surface area contributed by atoms with Crippen molar-refractivity contribution in [2.75, 3.05) is 46.0 Å². The highest BCUT2D eigenvalue weighted by Crippen LogP contribution is 2.11. The van der Waals surface area contributed by atoms with E-state index in [1.54, 1.807) is 0 Å². The minimum atomic E-state index is -0.755. The summed E-state index contributed by atoms with van der Waals surface area (Å²) in [7, 11) is 0. The molecule has 0 radical (unpaired) electrons. The maximum absolute atomic E-state index is 12.3. The van der Waals surface area contributed by atoms with E-state index in [1.807, 2.05) is 0 Å². The molecule has 1 unspecified atom stereocenters. The van der Waals surface area contributed by atoms with Crippen molar-refractivity contribution in [1.82, 2.24) is 10.2 Å². The first-order chi connectivity index (χ1) is 20.6. The fourth-order valence-electron chi connectivity index (χ4n) is 5.28. The highest BCUT2D eigenvalue weighted by Gasteiger charge is 2.11. The minimum absolute atomic E-state index is 0.115. The van der Waals surface area contributed by atoms with E-state index in [4.69, 9.17) is 4.74 Å². The van der Waals surface area contributed by atoms with Crippen molar-refractivity contribution in [3.63, 3.8) is 0 Å². The summed E-state index contributed by atoms with van der Waals surface area (Å²) in [4.78, 5) is 14.4. The molecule has 0 aromatic heterocycles. The maximum atomic E-state index is 12.3. The lowest BCUT2D eigenvalue weighted by Crippen LogP contribution is -2.40. The van der Waals surface area contributed by atoms with Gasteiger partial charge in [-0.3, -0.25) is 9.69 Å². The molecule has 0 aromatic carbocycles. The van der Waals surface area contributed by atoms with Crippen LogP contribution in [0.4, 0.5) is 0 Å². The standard InChI is InChI=1S/C36H72N2O4/c1-3-5-7-9-11-13-14-15-16-17-18-19-20-22-24-27-36(41)37-28-30-38(33-35(40)34-39)29-26-32-42-31-25-23-21-12-10-8-6-4-2/h15-16,35,39-40H,3-14,17-34H2,1-2H3,(H,37,41)/b16-15-. The van der Waals surface area contributed by atoms with Gasteiger partial charge < -0.3 is 20.3 Å². The Morgan fingerprint density at radius 3 is 1.76 bits per heavy atom. The van der Waals surface area contributed by atoms with Crippen molar-refractivity contribution < 1.29 is 19.7 Å². The van der Waals surface area contributed by atoms with Crippen molar-refractivity contribution >= 4 is 5.91 Å². The van der Waals surface area contributed by atoms with Gasteiger partial charge in [0, 0.05) is 45.8 Å². The predicted molar refractivity (Wildman–Crippen MR) is 180 cm³/mol. The molecule has 0 rings (SSSR count). The summed E-state index contributed by atoms with van der Waals surface area (Å²) in [6.07, 6.45) is 32.2. The van der Waals surface area contributed by atoms with E-state index >= 15 is 0 Å². The largest absolute Gasteiger partial charge is 0.394 e. The van der Waals surface area contributed by atoms with Gasteiger partial charge in [0.05, 0.1) is 12.7 Å². The number of nitrogens with zero attached hydrogens (tertiary/aromatic N) is 1.